The Labute approximate surface area is 161 Å². The zero-order chi connectivity index (χ0) is 18.2. The van der Waals surface area contributed by atoms with Gasteiger partial charge in [-0.05, 0) is 47.5 Å². The average Bonchev–Trinajstić information content (AvgIpc) is 2.69. The van der Waals surface area contributed by atoms with Crippen molar-refractivity contribution in [3.05, 3.63) is 102 Å². The second-order valence-corrected chi connectivity index (χ2v) is 6.70. The first kappa shape index (κ1) is 18.2. The van der Waals surface area contributed by atoms with Crippen LogP contribution in [0.25, 0.3) is 0 Å². The Balaban J connectivity index is 1.77. The predicted molar refractivity (Wildman–Crippen MR) is 114 cm³/mol. The fourth-order valence-electron chi connectivity index (χ4n) is 2.88. The Hall–Kier alpha value is -2.65. The second kappa shape index (κ2) is 9.16. The van der Waals surface area contributed by atoms with Crippen molar-refractivity contribution >= 4 is 23.0 Å². The first-order chi connectivity index (χ1) is 12.7. The molecule has 26 heavy (non-hydrogen) atoms. The normalized spacial score (nSPS) is 10.3. The number of hydrogen-bond acceptors (Lipinski definition) is 1. The largest absolute Gasteiger partial charge is 0.340 e. The van der Waals surface area contributed by atoms with Crippen molar-refractivity contribution < 1.29 is 0 Å². The minimum atomic E-state index is 0.742. The minimum Gasteiger partial charge on any atom is -0.340 e. The lowest BCUT2D eigenvalue weighted by Gasteiger charge is -2.26. The molecule has 3 aromatic carbocycles. The van der Waals surface area contributed by atoms with Gasteiger partial charge in [-0.3, -0.25) is 0 Å². The molecule has 3 aromatic rings. The van der Waals surface area contributed by atoms with Gasteiger partial charge >= 0.3 is 0 Å². The number of rotatable bonds is 6. The van der Waals surface area contributed by atoms with Gasteiger partial charge in [-0.1, -0.05) is 79.7 Å². The van der Waals surface area contributed by atoms with Crippen LogP contribution in [0.3, 0.4) is 0 Å². The standard InChI is InChI=1S/C23H24N2S/c1-2-19-14-9-15-22(16-19)24-23(26)25(17-20-10-5-3-6-11-20)18-21-12-7-4-8-13-21/h3-16H,2,17-18H2,1H3,(H,24,26). The van der Waals surface area contributed by atoms with E-state index in [1.807, 2.05) is 12.1 Å². The van der Waals surface area contributed by atoms with Crippen LogP contribution < -0.4 is 5.32 Å². The fourth-order valence-corrected chi connectivity index (χ4v) is 3.13. The van der Waals surface area contributed by atoms with Crippen molar-refractivity contribution in [1.82, 2.24) is 4.90 Å². The Kier molecular flexibility index (Phi) is 6.39. The van der Waals surface area contributed by atoms with Gasteiger partial charge in [-0.25, -0.2) is 0 Å². The van der Waals surface area contributed by atoms with E-state index in [4.69, 9.17) is 12.2 Å². The summed E-state index contributed by atoms with van der Waals surface area (Å²) < 4.78 is 0. The molecule has 1 N–H and O–H groups in total. The molecule has 0 saturated heterocycles. The van der Waals surface area contributed by atoms with Crippen molar-refractivity contribution in [2.24, 2.45) is 0 Å². The summed E-state index contributed by atoms with van der Waals surface area (Å²) in [5.41, 5.74) is 4.83. The van der Waals surface area contributed by atoms with Crippen molar-refractivity contribution in [2.45, 2.75) is 26.4 Å². The van der Waals surface area contributed by atoms with E-state index >= 15 is 0 Å². The molecule has 2 nitrogen and oxygen atoms in total. The van der Waals surface area contributed by atoms with E-state index in [0.29, 0.717) is 0 Å². The zero-order valence-corrected chi connectivity index (χ0v) is 15.9. The first-order valence-electron chi connectivity index (χ1n) is 8.97. The summed E-state index contributed by atoms with van der Waals surface area (Å²) in [7, 11) is 0. The first-order valence-corrected chi connectivity index (χ1v) is 9.38. The minimum absolute atomic E-state index is 0.742. The molecule has 0 heterocycles. The third-order valence-corrected chi connectivity index (χ3v) is 4.67. The lowest BCUT2D eigenvalue weighted by Crippen LogP contribution is -2.33. The Bertz CT molecular complexity index is 790. The van der Waals surface area contributed by atoms with Crippen LogP contribution in [0.2, 0.25) is 0 Å². The van der Waals surface area contributed by atoms with Crippen LogP contribution in [0.1, 0.15) is 23.6 Å². The predicted octanol–water partition coefficient (Wildman–Crippen LogP) is 5.65. The number of aryl methyl sites for hydroxylation is 1. The van der Waals surface area contributed by atoms with E-state index in [-0.39, 0.29) is 0 Å². The van der Waals surface area contributed by atoms with Gasteiger partial charge in [0.15, 0.2) is 5.11 Å². The summed E-state index contributed by atoms with van der Waals surface area (Å²) in [5.74, 6) is 0. The van der Waals surface area contributed by atoms with Crippen molar-refractivity contribution in [3.8, 4) is 0 Å². The number of thiocarbonyl (C=S) groups is 1. The van der Waals surface area contributed by atoms with E-state index in [1.54, 1.807) is 0 Å². The molecule has 0 bridgehead atoms. The van der Waals surface area contributed by atoms with E-state index in [9.17, 15) is 0 Å². The SMILES string of the molecule is CCc1cccc(NC(=S)N(Cc2ccccc2)Cc2ccccc2)c1. The van der Waals surface area contributed by atoms with Crippen LogP contribution >= 0.6 is 12.2 Å². The number of hydrogen-bond donors (Lipinski definition) is 1. The maximum Gasteiger partial charge on any atom is 0.174 e. The smallest absolute Gasteiger partial charge is 0.174 e. The quantitative estimate of drug-likeness (QED) is 0.572. The van der Waals surface area contributed by atoms with Gasteiger partial charge in [0.2, 0.25) is 0 Å². The van der Waals surface area contributed by atoms with Gasteiger partial charge in [0.05, 0.1) is 0 Å². The summed E-state index contributed by atoms with van der Waals surface area (Å²) in [5, 5.41) is 4.16. The zero-order valence-electron chi connectivity index (χ0n) is 15.1. The molecule has 0 spiro atoms. The van der Waals surface area contributed by atoms with Crippen LogP contribution in [0.4, 0.5) is 5.69 Å². The molecular weight excluding hydrogens is 336 g/mol. The number of nitrogens with zero attached hydrogens (tertiary/aromatic N) is 1. The Morgan fingerprint density at radius 1 is 0.769 bits per heavy atom. The van der Waals surface area contributed by atoms with E-state index < -0.39 is 0 Å². The summed E-state index contributed by atoms with van der Waals surface area (Å²) in [4.78, 5) is 2.21. The molecule has 0 fully saturated rings. The van der Waals surface area contributed by atoms with Gasteiger partial charge in [0, 0.05) is 18.8 Å². The van der Waals surface area contributed by atoms with Crippen LogP contribution in [0.15, 0.2) is 84.9 Å². The summed E-state index contributed by atoms with van der Waals surface area (Å²) in [6, 6.07) is 29.3. The molecule has 0 aliphatic heterocycles. The van der Waals surface area contributed by atoms with Crippen molar-refractivity contribution in [3.63, 3.8) is 0 Å². The molecule has 0 atom stereocenters. The highest BCUT2D eigenvalue weighted by atomic mass is 32.1. The molecule has 0 amide bonds. The molecular formula is C23H24N2S. The Morgan fingerprint density at radius 3 is 1.85 bits per heavy atom. The van der Waals surface area contributed by atoms with Gasteiger partial charge in [-0.2, -0.15) is 0 Å². The Morgan fingerprint density at radius 2 is 1.31 bits per heavy atom. The van der Waals surface area contributed by atoms with Gasteiger partial charge in [0.1, 0.15) is 0 Å². The van der Waals surface area contributed by atoms with Crippen LogP contribution in [0, 0.1) is 0 Å². The fraction of sp³-hybridized carbons (Fsp3) is 0.174. The molecule has 0 saturated carbocycles. The van der Waals surface area contributed by atoms with Gasteiger partial charge in [0.25, 0.3) is 0 Å². The molecule has 0 aliphatic rings. The van der Waals surface area contributed by atoms with Crippen molar-refractivity contribution in [1.29, 1.82) is 0 Å². The highest BCUT2D eigenvalue weighted by Crippen LogP contribution is 2.15. The van der Waals surface area contributed by atoms with E-state index in [2.05, 4.69) is 89.9 Å². The van der Waals surface area contributed by atoms with E-state index in [1.165, 1.54) is 16.7 Å². The van der Waals surface area contributed by atoms with Crippen molar-refractivity contribution in [2.75, 3.05) is 5.32 Å². The number of nitrogens with one attached hydrogen (secondary N) is 1. The van der Waals surface area contributed by atoms with Crippen LogP contribution in [0.5, 0.6) is 0 Å². The average molecular weight is 361 g/mol. The molecule has 3 heteroatoms. The lowest BCUT2D eigenvalue weighted by atomic mass is 10.1. The molecule has 3 rings (SSSR count). The van der Waals surface area contributed by atoms with Gasteiger partial charge in [-0.15, -0.1) is 0 Å². The van der Waals surface area contributed by atoms with Crippen LogP contribution in [-0.4, -0.2) is 10.0 Å². The molecule has 0 radical (unpaired) electrons. The lowest BCUT2D eigenvalue weighted by molar-refractivity contribution is 0.413. The highest BCUT2D eigenvalue weighted by molar-refractivity contribution is 7.80. The van der Waals surface area contributed by atoms with E-state index in [0.717, 1.165) is 30.3 Å². The summed E-state index contributed by atoms with van der Waals surface area (Å²) in [6.07, 6.45) is 1.01. The third-order valence-electron chi connectivity index (χ3n) is 4.31. The molecule has 0 aromatic heterocycles. The summed E-state index contributed by atoms with van der Waals surface area (Å²) >= 11 is 5.75. The maximum atomic E-state index is 5.75. The number of benzene rings is 3. The maximum absolute atomic E-state index is 5.75. The molecule has 0 unspecified atom stereocenters. The number of anilines is 1. The third kappa shape index (κ3) is 5.17. The summed E-state index contributed by atoms with van der Waals surface area (Å²) in [6.45, 7) is 3.71. The second-order valence-electron chi connectivity index (χ2n) is 6.31. The van der Waals surface area contributed by atoms with Gasteiger partial charge < -0.3 is 10.2 Å². The highest BCUT2D eigenvalue weighted by Gasteiger charge is 2.12. The monoisotopic (exact) mass is 360 g/mol. The molecule has 0 aliphatic carbocycles. The topological polar surface area (TPSA) is 15.3 Å². The van der Waals surface area contributed by atoms with Crippen LogP contribution in [-0.2, 0) is 19.5 Å². The molecule has 132 valence electrons.